The molecule has 2 rings (SSSR count). The standard InChI is InChI=1S/C8H8BrNO2/c9-7-3-10-2-1-8(7)12-6-4-11-5-6/h1-3,6H,4-5H2/i4D2,5D2,6D. The molecule has 0 spiro atoms. The van der Waals surface area contributed by atoms with E-state index in [-0.39, 0.29) is 5.75 Å². The second kappa shape index (κ2) is 3.41. The molecule has 1 aliphatic heterocycles. The number of pyridine rings is 1. The predicted molar refractivity (Wildman–Crippen MR) is 47.2 cm³/mol. The van der Waals surface area contributed by atoms with E-state index >= 15 is 0 Å². The molecule has 0 N–H and O–H groups in total. The molecule has 0 radical (unpaired) electrons. The molecule has 1 fully saturated rings. The minimum atomic E-state index is -2.51. The van der Waals surface area contributed by atoms with Crippen LogP contribution in [0.25, 0.3) is 0 Å². The summed E-state index contributed by atoms with van der Waals surface area (Å²) in [5.41, 5.74) is 0. The van der Waals surface area contributed by atoms with Gasteiger partial charge in [-0.2, -0.15) is 0 Å². The predicted octanol–water partition coefficient (Wildman–Crippen LogP) is 1.62. The molecule has 4 heteroatoms. The van der Waals surface area contributed by atoms with Crippen LogP contribution in [0.2, 0.25) is 0 Å². The van der Waals surface area contributed by atoms with Gasteiger partial charge >= 0.3 is 0 Å². The lowest BCUT2D eigenvalue weighted by Gasteiger charge is -2.26. The van der Waals surface area contributed by atoms with E-state index < -0.39 is 19.2 Å². The van der Waals surface area contributed by atoms with Gasteiger partial charge in [0, 0.05) is 12.4 Å². The maximum Gasteiger partial charge on any atom is 0.145 e. The Morgan fingerprint density at radius 1 is 1.83 bits per heavy atom. The fourth-order valence-corrected chi connectivity index (χ4v) is 1.02. The van der Waals surface area contributed by atoms with Crippen molar-refractivity contribution in [3.63, 3.8) is 0 Å². The molecule has 0 amide bonds. The lowest BCUT2D eigenvalue weighted by Crippen LogP contribution is -2.38. The number of nitrogens with zero attached hydrogens (tertiary/aromatic N) is 1. The normalized spacial score (nSPS) is 34.2. The highest BCUT2D eigenvalue weighted by molar-refractivity contribution is 9.10. The van der Waals surface area contributed by atoms with Crippen LogP contribution in [0, 0.1) is 0 Å². The van der Waals surface area contributed by atoms with Crippen molar-refractivity contribution in [2.45, 2.75) is 6.08 Å². The molecule has 3 nitrogen and oxygen atoms in total. The highest BCUT2D eigenvalue weighted by atomic mass is 79.9. The van der Waals surface area contributed by atoms with E-state index in [1.54, 1.807) is 0 Å². The van der Waals surface area contributed by atoms with E-state index in [2.05, 4.69) is 25.7 Å². The molecule has 1 saturated heterocycles. The summed E-state index contributed by atoms with van der Waals surface area (Å²) in [6, 6.07) is 1.41. The average Bonchev–Trinajstić information content (AvgIpc) is 2.19. The van der Waals surface area contributed by atoms with Gasteiger partial charge in [0.05, 0.1) is 24.4 Å². The van der Waals surface area contributed by atoms with Gasteiger partial charge in [0.15, 0.2) is 0 Å². The van der Waals surface area contributed by atoms with Crippen LogP contribution in [0.3, 0.4) is 0 Å². The smallest absolute Gasteiger partial charge is 0.145 e. The third-order valence-electron chi connectivity index (χ3n) is 1.23. The number of ether oxygens (including phenoxy) is 2. The van der Waals surface area contributed by atoms with Crippen molar-refractivity contribution >= 4 is 15.9 Å². The van der Waals surface area contributed by atoms with E-state index in [1.165, 1.54) is 18.5 Å². The first-order valence-corrected chi connectivity index (χ1v) is 3.98. The van der Waals surface area contributed by atoms with Gasteiger partial charge in [-0.1, -0.05) is 0 Å². The van der Waals surface area contributed by atoms with E-state index in [0.717, 1.165) is 0 Å². The number of halogens is 1. The Morgan fingerprint density at radius 3 is 3.33 bits per heavy atom. The lowest BCUT2D eigenvalue weighted by molar-refractivity contribution is -0.0799. The molecule has 0 aliphatic carbocycles. The van der Waals surface area contributed by atoms with Gasteiger partial charge in [0.2, 0.25) is 0 Å². The first kappa shape index (κ1) is 4.07. The third-order valence-corrected chi connectivity index (χ3v) is 1.83. The summed E-state index contributed by atoms with van der Waals surface area (Å²) in [7, 11) is 0. The van der Waals surface area contributed by atoms with Crippen LogP contribution in [0.15, 0.2) is 22.9 Å². The van der Waals surface area contributed by atoms with Crippen molar-refractivity contribution in [3.8, 4) is 5.75 Å². The Kier molecular flexibility index (Phi) is 1.16. The zero-order valence-corrected chi connectivity index (χ0v) is 7.46. The summed E-state index contributed by atoms with van der Waals surface area (Å²) in [6.45, 7) is -5.03. The molecular weight excluding hydrogens is 222 g/mol. The Morgan fingerprint density at radius 2 is 2.67 bits per heavy atom. The topological polar surface area (TPSA) is 31.4 Å². The minimum Gasteiger partial charge on any atom is -0.484 e. The second-order valence-corrected chi connectivity index (χ2v) is 2.90. The van der Waals surface area contributed by atoms with Gasteiger partial charge < -0.3 is 9.47 Å². The number of hydrogen-bond donors (Lipinski definition) is 0. The number of rotatable bonds is 2. The molecule has 2 heterocycles. The minimum absolute atomic E-state index is 0.131. The Hall–Kier alpha value is -0.610. The molecule has 0 unspecified atom stereocenters. The summed E-state index contributed by atoms with van der Waals surface area (Å²) in [6.07, 6.45) is 0.349. The van der Waals surface area contributed by atoms with Gasteiger partial charge in [-0.25, -0.2) is 0 Å². The fourth-order valence-electron chi connectivity index (χ4n) is 0.690. The molecule has 1 aromatic rings. The van der Waals surface area contributed by atoms with Crippen LogP contribution in [0.5, 0.6) is 5.75 Å². The largest absolute Gasteiger partial charge is 0.484 e. The molecule has 0 saturated carbocycles. The van der Waals surface area contributed by atoms with E-state index in [0.29, 0.717) is 4.47 Å². The Labute approximate surface area is 85.9 Å². The average molecular weight is 235 g/mol. The first-order chi connectivity index (χ1) is 7.70. The Balaban J connectivity index is 2.32. The molecule has 0 bridgehead atoms. The van der Waals surface area contributed by atoms with E-state index in [4.69, 9.17) is 11.6 Å². The SMILES string of the molecule is [2H]C1([2H])OC([2H])([2H])C1([2H])Oc1ccncc1Br. The van der Waals surface area contributed by atoms with Crippen molar-refractivity contribution in [1.29, 1.82) is 0 Å². The monoisotopic (exact) mass is 234 g/mol. The maximum atomic E-state index is 7.76. The molecule has 0 aromatic carbocycles. The molecule has 12 heavy (non-hydrogen) atoms. The lowest BCUT2D eigenvalue weighted by atomic mass is 10.3. The van der Waals surface area contributed by atoms with Crippen LogP contribution in [-0.2, 0) is 4.74 Å². The molecule has 1 aliphatic rings. The number of hydrogen-bond acceptors (Lipinski definition) is 3. The summed E-state index contributed by atoms with van der Waals surface area (Å²) >= 11 is 3.12. The first-order valence-electron chi connectivity index (χ1n) is 5.68. The van der Waals surface area contributed by atoms with E-state index in [9.17, 15) is 0 Å². The van der Waals surface area contributed by atoms with Crippen LogP contribution in [-0.4, -0.2) is 24.2 Å². The van der Waals surface area contributed by atoms with Gasteiger partial charge in [-0.05, 0) is 22.0 Å². The summed E-state index contributed by atoms with van der Waals surface area (Å²) in [4.78, 5) is 3.78. The van der Waals surface area contributed by atoms with Crippen molar-refractivity contribution < 1.29 is 16.3 Å². The quantitative estimate of drug-likeness (QED) is 0.780. The van der Waals surface area contributed by atoms with Crippen LogP contribution < -0.4 is 4.74 Å². The molecule has 0 atom stereocenters. The van der Waals surface area contributed by atoms with Gasteiger partial charge in [-0.3, -0.25) is 4.98 Å². The molecule has 1 aromatic heterocycles. The summed E-state index contributed by atoms with van der Waals surface area (Å²) in [5, 5.41) is 0. The van der Waals surface area contributed by atoms with Gasteiger partial charge in [0.25, 0.3) is 0 Å². The Bertz CT molecular complexity index is 441. The molecule has 64 valence electrons. The molecular formula is C8H8BrNO2. The maximum absolute atomic E-state index is 7.76. The van der Waals surface area contributed by atoms with Crippen LogP contribution in [0.1, 0.15) is 6.85 Å². The fraction of sp³-hybridized carbons (Fsp3) is 0.375. The number of aromatic nitrogens is 1. The highest BCUT2D eigenvalue weighted by Gasteiger charge is 2.20. The van der Waals surface area contributed by atoms with Crippen molar-refractivity contribution in [3.05, 3.63) is 22.9 Å². The highest BCUT2D eigenvalue weighted by Crippen LogP contribution is 2.24. The zero-order valence-electron chi connectivity index (χ0n) is 10.9. The summed E-state index contributed by atoms with van der Waals surface area (Å²) in [5.74, 6) is 0.131. The van der Waals surface area contributed by atoms with Gasteiger partial charge in [0.1, 0.15) is 11.8 Å². The van der Waals surface area contributed by atoms with Crippen molar-refractivity contribution in [1.82, 2.24) is 4.98 Å². The van der Waals surface area contributed by atoms with Crippen molar-refractivity contribution in [2.24, 2.45) is 0 Å². The summed E-state index contributed by atoms with van der Waals surface area (Å²) < 4.78 is 47.1. The van der Waals surface area contributed by atoms with Gasteiger partial charge in [-0.15, -0.1) is 0 Å². The van der Waals surface area contributed by atoms with Crippen molar-refractivity contribution in [2.75, 3.05) is 13.1 Å². The van der Waals surface area contributed by atoms with E-state index in [1.807, 2.05) is 0 Å². The van der Waals surface area contributed by atoms with Crippen LogP contribution in [0.4, 0.5) is 0 Å². The third kappa shape index (κ3) is 1.59. The zero-order chi connectivity index (χ0) is 12.9. The second-order valence-electron chi connectivity index (χ2n) is 2.04. The van der Waals surface area contributed by atoms with Crippen LogP contribution >= 0.6 is 15.9 Å².